The fraction of sp³-hybridized carbons (Fsp3) is 0.227. The van der Waals surface area contributed by atoms with Crippen LogP contribution in [0.15, 0.2) is 60.8 Å². The van der Waals surface area contributed by atoms with Gasteiger partial charge in [-0.3, -0.25) is 4.79 Å². The number of hydrogen-bond acceptors (Lipinski definition) is 6. The Bertz CT molecular complexity index is 963. The number of carbonyl (C=O) groups is 1. The third kappa shape index (κ3) is 4.82. The van der Waals surface area contributed by atoms with Crippen LogP contribution in [0.1, 0.15) is 23.0 Å². The summed E-state index contributed by atoms with van der Waals surface area (Å²) in [5.74, 6) is 1.53. The molecule has 3 rings (SSSR count). The van der Waals surface area contributed by atoms with E-state index in [4.69, 9.17) is 9.47 Å². The van der Waals surface area contributed by atoms with Crippen LogP contribution in [0.2, 0.25) is 0 Å². The number of hydrogen-bond donors (Lipinski definition) is 1. The molecular formula is C22H24N4O3. The molecule has 0 fully saturated rings. The summed E-state index contributed by atoms with van der Waals surface area (Å²) in [6, 6.07) is 16.8. The average Bonchev–Trinajstić information content (AvgIpc) is 2.78. The van der Waals surface area contributed by atoms with E-state index in [0.717, 1.165) is 11.3 Å². The predicted octanol–water partition coefficient (Wildman–Crippen LogP) is 3.77. The van der Waals surface area contributed by atoms with Crippen molar-refractivity contribution in [2.75, 3.05) is 31.0 Å². The molecule has 1 amide bonds. The maximum atomic E-state index is 12.9. The van der Waals surface area contributed by atoms with Crippen molar-refractivity contribution in [2.45, 2.75) is 13.5 Å². The van der Waals surface area contributed by atoms with E-state index in [1.807, 2.05) is 55.5 Å². The highest BCUT2D eigenvalue weighted by atomic mass is 16.5. The summed E-state index contributed by atoms with van der Waals surface area (Å²) in [5, 5.41) is 3.15. The quantitative estimate of drug-likeness (QED) is 0.629. The van der Waals surface area contributed by atoms with Gasteiger partial charge in [0, 0.05) is 25.0 Å². The normalized spacial score (nSPS) is 10.3. The Morgan fingerprint density at radius 3 is 2.48 bits per heavy atom. The minimum atomic E-state index is -0.171. The Labute approximate surface area is 170 Å². The van der Waals surface area contributed by atoms with E-state index in [1.54, 1.807) is 31.4 Å². The number of ether oxygens (including phenoxy) is 2. The van der Waals surface area contributed by atoms with Crippen LogP contribution in [-0.4, -0.2) is 36.6 Å². The van der Waals surface area contributed by atoms with Crippen LogP contribution >= 0.6 is 0 Å². The fourth-order valence-electron chi connectivity index (χ4n) is 2.92. The first-order chi connectivity index (χ1) is 14.2. The maximum Gasteiger partial charge on any atom is 0.277 e. The number of anilines is 2. The molecule has 1 N–H and O–H groups in total. The zero-order valence-corrected chi connectivity index (χ0v) is 16.8. The van der Waals surface area contributed by atoms with Crippen LogP contribution in [0.3, 0.4) is 0 Å². The molecule has 0 aliphatic carbocycles. The second-order valence-electron chi connectivity index (χ2n) is 6.19. The Kier molecular flexibility index (Phi) is 6.63. The van der Waals surface area contributed by atoms with E-state index in [9.17, 15) is 4.79 Å². The minimum Gasteiger partial charge on any atom is -0.493 e. The van der Waals surface area contributed by atoms with Gasteiger partial charge >= 0.3 is 0 Å². The van der Waals surface area contributed by atoms with Crippen molar-refractivity contribution in [1.82, 2.24) is 9.97 Å². The molecule has 0 bridgehead atoms. The van der Waals surface area contributed by atoms with Crippen LogP contribution in [0, 0.1) is 0 Å². The molecule has 1 aromatic heterocycles. The first-order valence-corrected chi connectivity index (χ1v) is 9.31. The highest BCUT2D eigenvalue weighted by molar-refractivity contribution is 6.04. The molecule has 0 atom stereocenters. The van der Waals surface area contributed by atoms with E-state index < -0.39 is 0 Å². The topological polar surface area (TPSA) is 76.6 Å². The van der Waals surface area contributed by atoms with Gasteiger partial charge in [0.1, 0.15) is 5.69 Å². The van der Waals surface area contributed by atoms with Crippen LogP contribution < -0.4 is 19.7 Å². The monoisotopic (exact) mass is 392 g/mol. The number of aromatic nitrogens is 2. The second kappa shape index (κ2) is 9.54. The van der Waals surface area contributed by atoms with Crippen molar-refractivity contribution >= 4 is 17.5 Å². The number of amides is 1. The molecule has 0 saturated heterocycles. The molecule has 0 aliphatic heterocycles. The lowest BCUT2D eigenvalue weighted by atomic mass is 10.2. The lowest BCUT2D eigenvalue weighted by molar-refractivity contribution is 0.0983. The Morgan fingerprint density at radius 1 is 1.03 bits per heavy atom. The Morgan fingerprint density at radius 2 is 1.79 bits per heavy atom. The zero-order chi connectivity index (χ0) is 20.6. The van der Waals surface area contributed by atoms with Gasteiger partial charge in [-0.1, -0.05) is 24.3 Å². The maximum absolute atomic E-state index is 12.9. The molecule has 0 saturated carbocycles. The van der Waals surface area contributed by atoms with Crippen LogP contribution in [0.5, 0.6) is 11.5 Å². The van der Waals surface area contributed by atoms with Crippen molar-refractivity contribution in [2.24, 2.45) is 0 Å². The minimum absolute atomic E-state index is 0.171. The number of para-hydroxylation sites is 1. The van der Waals surface area contributed by atoms with Gasteiger partial charge in [0.2, 0.25) is 5.95 Å². The van der Waals surface area contributed by atoms with Gasteiger partial charge in [0.05, 0.1) is 14.2 Å². The van der Waals surface area contributed by atoms with Crippen molar-refractivity contribution in [1.29, 1.82) is 0 Å². The summed E-state index contributed by atoms with van der Waals surface area (Å²) in [7, 11) is 3.20. The van der Waals surface area contributed by atoms with Gasteiger partial charge in [0.25, 0.3) is 5.91 Å². The molecule has 0 spiro atoms. The lowest BCUT2D eigenvalue weighted by Crippen LogP contribution is -2.31. The highest BCUT2D eigenvalue weighted by Gasteiger charge is 2.18. The molecule has 0 radical (unpaired) electrons. The lowest BCUT2D eigenvalue weighted by Gasteiger charge is -2.20. The van der Waals surface area contributed by atoms with E-state index in [1.165, 1.54) is 0 Å². The first kappa shape index (κ1) is 20.1. The summed E-state index contributed by atoms with van der Waals surface area (Å²) in [5.41, 5.74) is 2.14. The number of nitrogens with one attached hydrogen (secondary N) is 1. The molecule has 7 heteroatoms. The molecule has 7 nitrogen and oxygen atoms in total. The van der Waals surface area contributed by atoms with Crippen LogP contribution in [0.4, 0.5) is 11.6 Å². The van der Waals surface area contributed by atoms with Crippen LogP contribution in [-0.2, 0) is 6.54 Å². The van der Waals surface area contributed by atoms with Gasteiger partial charge in [-0.05, 0) is 42.8 Å². The van der Waals surface area contributed by atoms with Crippen molar-refractivity contribution in [3.8, 4) is 11.5 Å². The summed E-state index contributed by atoms with van der Waals surface area (Å²) < 4.78 is 10.6. The summed E-state index contributed by atoms with van der Waals surface area (Å²) >= 11 is 0. The SMILES string of the molecule is CCN(C(=O)c1ccnc(NCc2ccc(OC)c(OC)c2)n1)c1ccccc1. The molecule has 0 aliphatic rings. The number of nitrogens with zero attached hydrogens (tertiary/aromatic N) is 3. The van der Waals surface area contributed by atoms with Gasteiger partial charge < -0.3 is 19.7 Å². The van der Waals surface area contributed by atoms with E-state index >= 15 is 0 Å². The van der Waals surface area contributed by atoms with E-state index in [0.29, 0.717) is 36.2 Å². The van der Waals surface area contributed by atoms with E-state index in [2.05, 4.69) is 15.3 Å². The van der Waals surface area contributed by atoms with Crippen molar-refractivity contribution in [3.63, 3.8) is 0 Å². The molecule has 2 aromatic carbocycles. The van der Waals surface area contributed by atoms with Crippen molar-refractivity contribution < 1.29 is 14.3 Å². The third-order valence-electron chi connectivity index (χ3n) is 4.40. The molecule has 29 heavy (non-hydrogen) atoms. The molecule has 0 unspecified atom stereocenters. The van der Waals surface area contributed by atoms with Gasteiger partial charge in [0.15, 0.2) is 11.5 Å². The second-order valence-corrected chi connectivity index (χ2v) is 6.19. The standard InChI is InChI=1S/C22H24N4O3/c1-4-26(17-8-6-5-7-9-17)21(27)18-12-13-23-22(25-18)24-15-16-10-11-19(28-2)20(14-16)29-3/h5-14H,4,15H2,1-3H3,(H,23,24,25). The zero-order valence-electron chi connectivity index (χ0n) is 16.8. The van der Waals surface area contributed by atoms with Crippen LogP contribution in [0.25, 0.3) is 0 Å². The third-order valence-corrected chi connectivity index (χ3v) is 4.40. The van der Waals surface area contributed by atoms with Gasteiger partial charge in [-0.15, -0.1) is 0 Å². The number of carbonyl (C=O) groups excluding carboxylic acids is 1. The Hall–Kier alpha value is -3.61. The fourth-order valence-corrected chi connectivity index (χ4v) is 2.92. The van der Waals surface area contributed by atoms with E-state index in [-0.39, 0.29) is 5.91 Å². The summed E-state index contributed by atoms with van der Waals surface area (Å²) in [6.07, 6.45) is 1.58. The summed E-state index contributed by atoms with van der Waals surface area (Å²) in [6.45, 7) is 2.96. The smallest absolute Gasteiger partial charge is 0.277 e. The molecular weight excluding hydrogens is 368 g/mol. The first-order valence-electron chi connectivity index (χ1n) is 9.31. The number of rotatable bonds is 8. The number of benzene rings is 2. The Balaban J connectivity index is 1.73. The highest BCUT2D eigenvalue weighted by Crippen LogP contribution is 2.27. The largest absolute Gasteiger partial charge is 0.493 e. The molecule has 3 aromatic rings. The average molecular weight is 392 g/mol. The number of methoxy groups -OCH3 is 2. The molecule has 150 valence electrons. The van der Waals surface area contributed by atoms with Crippen molar-refractivity contribution in [3.05, 3.63) is 72.1 Å². The van der Waals surface area contributed by atoms with Gasteiger partial charge in [-0.2, -0.15) is 0 Å². The van der Waals surface area contributed by atoms with Gasteiger partial charge in [-0.25, -0.2) is 9.97 Å². The predicted molar refractivity (Wildman–Crippen MR) is 113 cm³/mol. The summed E-state index contributed by atoms with van der Waals surface area (Å²) in [4.78, 5) is 23.2. The molecule has 1 heterocycles.